The molecule has 1 aromatic carbocycles. The number of hydrogen-bond donors (Lipinski definition) is 2. The predicted molar refractivity (Wildman–Crippen MR) is 121 cm³/mol. The van der Waals surface area contributed by atoms with E-state index in [1.807, 2.05) is 13.0 Å². The number of halogens is 2. The largest absolute Gasteiger partial charge is 0.490 e. The first-order valence-electron chi connectivity index (χ1n) is 9.50. The van der Waals surface area contributed by atoms with Gasteiger partial charge in [0.1, 0.15) is 0 Å². The Hall–Kier alpha value is -1.09. The van der Waals surface area contributed by atoms with Gasteiger partial charge in [0.05, 0.1) is 12.6 Å². The van der Waals surface area contributed by atoms with Crippen LogP contribution in [0.3, 0.4) is 0 Å². The average molecular weight is 492 g/mol. The average Bonchev–Trinajstić information content (AvgIpc) is 3.43. The molecule has 1 aliphatic rings. The van der Waals surface area contributed by atoms with Gasteiger partial charge in [0, 0.05) is 26.2 Å². The summed E-state index contributed by atoms with van der Waals surface area (Å²) in [5.74, 6) is 1.35. The monoisotopic (exact) mass is 492 g/mol. The molecular weight excluding hydrogens is 458 g/mol. The second kappa shape index (κ2) is 11.7. The van der Waals surface area contributed by atoms with Crippen LogP contribution in [0.25, 0.3) is 0 Å². The number of aliphatic imine (C=N–C) groups is 1. The Kier molecular flexibility index (Phi) is 10.4. The maximum Gasteiger partial charge on any atom is 0.191 e. The van der Waals surface area contributed by atoms with Crippen LogP contribution in [0.15, 0.2) is 23.2 Å². The summed E-state index contributed by atoms with van der Waals surface area (Å²) in [5, 5.41) is 6.61. The van der Waals surface area contributed by atoms with Gasteiger partial charge in [-0.2, -0.15) is 0 Å². The minimum Gasteiger partial charge on any atom is -0.490 e. The predicted octanol–water partition coefficient (Wildman–Crippen LogP) is 3.80. The molecule has 0 saturated heterocycles. The fourth-order valence-corrected chi connectivity index (χ4v) is 2.49. The standard InChI is InChI=1S/C20H33FN4O.HI/c1-14(2)25(5)11-10-23-20(22-4)24-15(3)17-8-9-19(18(21)12-17)26-13-16-6-7-16;/h8-9,12,14-16H,6-7,10-11,13H2,1-5H3,(H2,22,23,24);1H. The molecule has 1 aliphatic carbocycles. The van der Waals surface area contributed by atoms with Gasteiger partial charge in [-0.05, 0) is 64.3 Å². The number of rotatable bonds is 9. The van der Waals surface area contributed by atoms with Crippen molar-refractivity contribution in [2.75, 3.05) is 33.8 Å². The molecule has 154 valence electrons. The number of nitrogens with zero attached hydrogens (tertiary/aromatic N) is 2. The van der Waals surface area contributed by atoms with E-state index in [0.29, 0.717) is 30.3 Å². The van der Waals surface area contributed by atoms with Crippen molar-refractivity contribution < 1.29 is 9.13 Å². The second-order valence-corrected chi connectivity index (χ2v) is 7.38. The molecule has 2 rings (SSSR count). The van der Waals surface area contributed by atoms with E-state index in [1.165, 1.54) is 12.8 Å². The topological polar surface area (TPSA) is 48.9 Å². The van der Waals surface area contributed by atoms with E-state index < -0.39 is 0 Å². The maximum absolute atomic E-state index is 14.3. The molecule has 0 spiro atoms. The Morgan fingerprint density at radius 3 is 2.59 bits per heavy atom. The van der Waals surface area contributed by atoms with Gasteiger partial charge in [0.15, 0.2) is 17.5 Å². The van der Waals surface area contributed by atoms with Crippen molar-refractivity contribution in [1.29, 1.82) is 0 Å². The van der Waals surface area contributed by atoms with E-state index in [1.54, 1.807) is 19.2 Å². The summed E-state index contributed by atoms with van der Waals surface area (Å²) in [5.41, 5.74) is 0.864. The molecule has 0 bridgehead atoms. The third-order valence-electron chi connectivity index (χ3n) is 4.84. The lowest BCUT2D eigenvalue weighted by Crippen LogP contribution is -2.42. The van der Waals surface area contributed by atoms with Gasteiger partial charge in [-0.25, -0.2) is 4.39 Å². The van der Waals surface area contributed by atoms with Crippen molar-refractivity contribution in [1.82, 2.24) is 15.5 Å². The van der Waals surface area contributed by atoms with E-state index in [4.69, 9.17) is 4.74 Å². The fraction of sp³-hybridized carbons (Fsp3) is 0.650. The lowest BCUT2D eigenvalue weighted by atomic mass is 10.1. The minimum absolute atomic E-state index is 0. The Morgan fingerprint density at radius 2 is 2.04 bits per heavy atom. The summed E-state index contributed by atoms with van der Waals surface area (Å²) in [4.78, 5) is 6.51. The van der Waals surface area contributed by atoms with Gasteiger partial charge in [0.25, 0.3) is 0 Å². The highest BCUT2D eigenvalue weighted by atomic mass is 127. The zero-order valence-electron chi connectivity index (χ0n) is 17.1. The molecule has 0 aromatic heterocycles. The fourth-order valence-electron chi connectivity index (χ4n) is 2.49. The second-order valence-electron chi connectivity index (χ2n) is 7.38. The quantitative estimate of drug-likeness (QED) is 0.313. The van der Waals surface area contributed by atoms with Crippen LogP contribution in [0.5, 0.6) is 5.75 Å². The number of guanidine groups is 1. The molecule has 2 N–H and O–H groups in total. The molecular formula is C20H34FIN4O. The number of benzene rings is 1. The van der Waals surface area contributed by atoms with Crippen LogP contribution in [-0.4, -0.2) is 50.7 Å². The third kappa shape index (κ3) is 8.21. The molecule has 1 aromatic rings. The van der Waals surface area contributed by atoms with E-state index in [2.05, 4.69) is 41.4 Å². The van der Waals surface area contributed by atoms with Gasteiger partial charge >= 0.3 is 0 Å². The first kappa shape index (κ1) is 23.9. The van der Waals surface area contributed by atoms with Crippen molar-refractivity contribution in [2.45, 2.75) is 45.7 Å². The Labute approximate surface area is 180 Å². The van der Waals surface area contributed by atoms with Crippen molar-refractivity contribution in [3.05, 3.63) is 29.6 Å². The van der Waals surface area contributed by atoms with Gasteiger partial charge in [-0.3, -0.25) is 4.99 Å². The first-order chi connectivity index (χ1) is 12.4. The van der Waals surface area contributed by atoms with E-state index in [9.17, 15) is 4.39 Å². The molecule has 0 aliphatic heterocycles. The highest BCUT2D eigenvalue weighted by Gasteiger charge is 2.22. The Morgan fingerprint density at radius 1 is 1.33 bits per heavy atom. The highest BCUT2D eigenvalue weighted by Crippen LogP contribution is 2.30. The number of likely N-dealkylation sites (N-methyl/N-ethyl adjacent to an activating group) is 1. The van der Waals surface area contributed by atoms with Crippen molar-refractivity contribution >= 4 is 29.9 Å². The van der Waals surface area contributed by atoms with Gasteiger partial charge < -0.3 is 20.3 Å². The third-order valence-corrected chi connectivity index (χ3v) is 4.84. The summed E-state index contributed by atoms with van der Waals surface area (Å²) < 4.78 is 19.8. The number of hydrogen-bond acceptors (Lipinski definition) is 3. The van der Waals surface area contributed by atoms with Gasteiger partial charge in [0.2, 0.25) is 0 Å². The molecule has 1 unspecified atom stereocenters. The van der Waals surface area contributed by atoms with E-state index in [-0.39, 0.29) is 35.8 Å². The number of nitrogens with one attached hydrogen (secondary N) is 2. The van der Waals surface area contributed by atoms with Crippen molar-refractivity contribution in [3.63, 3.8) is 0 Å². The maximum atomic E-state index is 14.3. The van der Waals surface area contributed by atoms with Crippen LogP contribution < -0.4 is 15.4 Å². The molecule has 5 nitrogen and oxygen atoms in total. The van der Waals surface area contributed by atoms with Crippen LogP contribution in [0.2, 0.25) is 0 Å². The molecule has 1 atom stereocenters. The van der Waals surface area contributed by atoms with Crippen LogP contribution in [0.4, 0.5) is 4.39 Å². The SMILES string of the molecule is CN=C(NCCN(C)C(C)C)NC(C)c1ccc(OCC2CC2)c(F)c1.I. The van der Waals surface area contributed by atoms with E-state index in [0.717, 1.165) is 18.7 Å². The van der Waals surface area contributed by atoms with Crippen molar-refractivity contribution in [3.8, 4) is 5.75 Å². The van der Waals surface area contributed by atoms with E-state index >= 15 is 0 Å². The lowest BCUT2D eigenvalue weighted by molar-refractivity contribution is 0.278. The zero-order chi connectivity index (χ0) is 19.1. The summed E-state index contributed by atoms with van der Waals surface area (Å²) in [6.07, 6.45) is 2.39. The molecule has 0 heterocycles. The normalized spacial score (nSPS) is 15.5. The minimum atomic E-state index is -0.307. The van der Waals surface area contributed by atoms with Crippen LogP contribution in [-0.2, 0) is 0 Å². The first-order valence-corrected chi connectivity index (χ1v) is 9.50. The summed E-state index contributed by atoms with van der Waals surface area (Å²) in [6, 6.07) is 5.62. The van der Waals surface area contributed by atoms with Crippen LogP contribution in [0, 0.1) is 11.7 Å². The van der Waals surface area contributed by atoms with Gasteiger partial charge in [-0.1, -0.05) is 6.07 Å². The Bertz CT molecular complexity index is 608. The lowest BCUT2D eigenvalue weighted by Gasteiger charge is -2.23. The zero-order valence-corrected chi connectivity index (χ0v) is 19.4. The smallest absolute Gasteiger partial charge is 0.191 e. The molecule has 7 heteroatoms. The highest BCUT2D eigenvalue weighted by molar-refractivity contribution is 14.0. The molecule has 0 radical (unpaired) electrons. The van der Waals surface area contributed by atoms with Crippen molar-refractivity contribution in [2.24, 2.45) is 10.9 Å². The summed E-state index contributed by atoms with van der Waals surface area (Å²) in [6.45, 7) is 8.67. The summed E-state index contributed by atoms with van der Waals surface area (Å²) in [7, 11) is 3.84. The molecule has 1 fully saturated rings. The molecule has 1 saturated carbocycles. The Balaban J connectivity index is 0.00000364. The van der Waals surface area contributed by atoms with Crippen LogP contribution in [0.1, 0.15) is 45.2 Å². The molecule has 27 heavy (non-hydrogen) atoms. The van der Waals surface area contributed by atoms with Crippen LogP contribution >= 0.6 is 24.0 Å². The summed E-state index contributed by atoms with van der Waals surface area (Å²) >= 11 is 0. The van der Waals surface area contributed by atoms with Gasteiger partial charge in [-0.15, -0.1) is 24.0 Å². The number of ether oxygens (including phenoxy) is 1. The molecule has 0 amide bonds.